The van der Waals surface area contributed by atoms with Gasteiger partial charge in [-0.15, -0.1) is 6.58 Å². The van der Waals surface area contributed by atoms with Crippen molar-refractivity contribution < 1.29 is 0 Å². The average molecular weight is 186 g/mol. The first-order valence-electron chi connectivity index (χ1n) is 5.71. The first-order chi connectivity index (χ1) is 6.14. The molecule has 0 saturated heterocycles. The van der Waals surface area contributed by atoms with Crippen LogP contribution >= 0.6 is 0 Å². The van der Waals surface area contributed by atoms with Gasteiger partial charge in [0.05, 0.1) is 0 Å². The standard InChI is InChI=1S/C6H14.C4H10.C3H6/c1-4-6(3)5-2;1-3-4-2;1-3-2/h6H,4-5H2,1-3H3;3-4H2,1-2H3;3H,1H2,2H3. The molecule has 0 radical (unpaired) electrons. The van der Waals surface area contributed by atoms with Crippen molar-refractivity contribution in [2.24, 2.45) is 5.92 Å². The summed E-state index contributed by atoms with van der Waals surface area (Å²) in [5.74, 6) is 0.935. The SMILES string of the molecule is C=CC.CCC(C)CC.CCCC. The van der Waals surface area contributed by atoms with Gasteiger partial charge in [0.25, 0.3) is 0 Å². The minimum atomic E-state index is 0.935. The molecule has 0 aliphatic heterocycles. The van der Waals surface area contributed by atoms with Crippen LogP contribution in [0.15, 0.2) is 12.7 Å². The third-order valence-corrected chi connectivity index (χ3v) is 1.89. The van der Waals surface area contributed by atoms with Gasteiger partial charge in [0.15, 0.2) is 0 Å². The Morgan fingerprint density at radius 1 is 1.00 bits per heavy atom. The zero-order valence-corrected chi connectivity index (χ0v) is 10.7. The molecule has 0 aromatic carbocycles. The highest BCUT2D eigenvalue weighted by atomic mass is 13.9. The second-order valence-electron chi connectivity index (χ2n) is 3.33. The Hall–Kier alpha value is -0.260. The number of unbranched alkanes of at least 4 members (excludes halogenated alkanes) is 1. The molecular formula is C13H30. The molecule has 0 spiro atoms. The highest BCUT2D eigenvalue weighted by Gasteiger charge is 1.88. The van der Waals surface area contributed by atoms with E-state index in [1.54, 1.807) is 6.08 Å². The maximum Gasteiger partial charge on any atom is -0.0448 e. The van der Waals surface area contributed by atoms with E-state index in [-0.39, 0.29) is 0 Å². The highest BCUT2D eigenvalue weighted by molar-refractivity contribution is 4.51. The van der Waals surface area contributed by atoms with E-state index in [4.69, 9.17) is 0 Å². The van der Waals surface area contributed by atoms with Crippen molar-refractivity contribution in [2.45, 2.75) is 67.2 Å². The summed E-state index contributed by atoms with van der Waals surface area (Å²) in [5, 5.41) is 0. The van der Waals surface area contributed by atoms with E-state index in [0.717, 1.165) is 5.92 Å². The Labute approximate surface area is 86.4 Å². The van der Waals surface area contributed by atoms with Crippen molar-refractivity contribution in [3.63, 3.8) is 0 Å². The van der Waals surface area contributed by atoms with Gasteiger partial charge < -0.3 is 0 Å². The average Bonchev–Trinajstić information content (AvgIpc) is 2.18. The molecule has 82 valence electrons. The van der Waals surface area contributed by atoms with Crippen molar-refractivity contribution in [2.75, 3.05) is 0 Å². The van der Waals surface area contributed by atoms with Gasteiger partial charge in [-0.3, -0.25) is 0 Å². The molecule has 0 nitrogen and oxygen atoms in total. The molecule has 0 saturated carbocycles. The van der Waals surface area contributed by atoms with Crippen LogP contribution in [0.25, 0.3) is 0 Å². The lowest BCUT2D eigenvalue weighted by Gasteiger charge is -1.98. The molecule has 13 heavy (non-hydrogen) atoms. The minimum absolute atomic E-state index is 0.935. The lowest BCUT2D eigenvalue weighted by Crippen LogP contribution is -1.85. The van der Waals surface area contributed by atoms with Crippen molar-refractivity contribution >= 4 is 0 Å². The van der Waals surface area contributed by atoms with Crippen LogP contribution in [0.4, 0.5) is 0 Å². The van der Waals surface area contributed by atoms with Gasteiger partial charge >= 0.3 is 0 Å². The van der Waals surface area contributed by atoms with Crippen LogP contribution in [0.3, 0.4) is 0 Å². The number of rotatable bonds is 3. The molecule has 0 bridgehead atoms. The normalized spacial score (nSPS) is 7.92. The summed E-state index contributed by atoms with van der Waals surface area (Å²) < 4.78 is 0. The maximum atomic E-state index is 3.36. The number of hydrogen-bond donors (Lipinski definition) is 0. The topological polar surface area (TPSA) is 0 Å². The first kappa shape index (κ1) is 18.5. The van der Waals surface area contributed by atoms with Crippen molar-refractivity contribution in [3.8, 4) is 0 Å². The van der Waals surface area contributed by atoms with Gasteiger partial charge in [-0.2, -0.15) is 0 Å². The van der Waals surface area contributed by atoms with E-state index >= 15 is 0 Å². The van der Waals surface area contributed by atoms with Crippen molar-refractivity contribution in [1.82, 2.24) is 0 Å². The second-order valence-corrected chi connectivity index (χ2v) is 3.33. The van der Waals surface area contributed by atoms with Gasteiger partial charge in [0.1, 0.15) is 0 Å². The summed E-state index contributed by atoms with van der Waals surface area (Å²) in [5.41, 5.74) is 0. The summed E-state index contributed by atoms with van der Waals surface area (Å²) in [6, 6.07) is 0. The van der Waals surface area contributed by atoms with E-state index in [1.807, 2.05) is 6.92 Å². The third-order valence-electron chi connectivity index (χ3n) is 1.89. The molecule has 0 aromatic rings. The van der Waals surface area contributed by atoms with Crippen molar-refractivity contribution in [3.05, 3.63) is 12.7 Å². The zero-order valence-electron chi connectivity index (χ0n) is 10.7. The highest BCUT2D eigenvalue weighted by Crippen LogP contribution is 2.02. The minimum Gasteiger partial charge on any atom is -0.103 e. The van der Waals surface area contributed by atoms with Gasteiger partial charge in [-0.25, -0.2) is 0 Å². The predicted octanol–water partition coefficient (Wildman–Crippen LogP) is 5.44. The van der Waals surface area contributed by atoms with Crippen LogP contribution in [0.5, 0.6) is 0 Å². The molecule has 0 N–H and O–H groups in total. The molecule has 0 aliphatic rings. The summed E-state index contributed by atoms with van der Waals surface area (Å²) in [7, 11) is 0. The predicted molar refractivity (Wildman–Crippen MR) is 66.2 cm³/mol. The molecule has 0 rings (SSSR count). The Kier molecular flexibility index (Phi) is 32.2. The zero-order chi connectivity index (χ0) is 11.1. The molecule has 0 unspecified atom stereocenters. The van der Waals surface area contributed by atoms with Gasteiger partial charge in [0.2, 0.25) is 0 Å². The van der Waals surface area contributed by atoms with Gasteiger partial charge in [-0.05, 0) is 12.8 Å². The van der Waals surface area contributed by atoms with Crippen LogP contribution in [-0.2, 0) is 0 Å². The molecule has 0 fully saturated rings. The lowest BCUT2D eigenvalue weighted by atomic mass is 10.1. The monoisotopic (exact) mass is 186 g/mol. The van der Waals surface area contributed by atoms with E-state index in [0.29, 0.717) is 0 Å². The molecule has 0 amide bonds. The maximum absolute atomic E-state index is 3.36. The van der Waals surface area contributed by atoms with E-state index in [2.05, 4.69) is 41.2 Å². The van der Waals surface area contributed by atoms with E-state index in [9.17, 15) is 0 Å². The molecule has 0 atom stereocenters. The first-order valence-corrected chi connectivity index (χ1v) is 5.71. The Bertz CT molecular complexity index is 58.4. The fourth-order valence-electron chi connectivity index (χ4n) is 0.289. The summed E-state index contributed by atoms with van der Waals surface area (Å²) in [6.07, 6.45) is 7.05. The van der Waals surface area contributed by atoms with Crippen LogP contribution < -0.4 is 0 Å². The Morgan fingerprint density at radius 3 is 1.23 bits per heavy atom. The smallest absolute Gasteiger partial charge is 0.0448 e. The van der Waals surface area contributed by atoms with Crippen LogP contribution in [0.1, 0.15) is 67.2 Å². The lowest BCUT2D eigenvalue weighted by molar-refractivity contribution is 0.544. The van der Waals surface area contributed by atoms with Crippen LogP contribution in [-0.4, -0.2) is 0 Å². The summed E-state index contributed by atoms with van der Waals surface area (Å²) in [6.45, 7) is 16.3. The summed E-state index contributed by atoms with van der Waals surface area (Å²) in [4.78, 5) is 0. The van der Waals surface area contributed by atoms with Crippen LogP contribution in [0.2, 0.25) is 0 Å². The van der Waals surface area contributed by atoms with Gasteiger partial charge in [-0.1, -0.05) is 66.4 Å². The fourth-order valence-corrected chi connectivity index (χ4v) is 0.289. The van der Waals surface area contributed by atoms with Crippen molar-refractivity contribution in [1.29, 1.82) is 0 Å². The molecule has 0 aromatic heterocycles. The molecule has 0 aliphatic carbocycles. The third kappa shape index (κ3) is 49.6. The Morgan fingerprint density at radius 2 is 1.23 bits per heavy atom. The van der Waals surface area contributed by atoms with E-state index < -0.39 is 0 Å². The largest absolute Gasteiger partial charge is 0.103 e. The molecule has 0 heterocycles. The quantitative estimate of drug-likeness (QED) is 0.515. The second kappa shape index (κ2) is 22.6. The van der Waals surface area contributed by atoms with Crippen LogP contribution in [0, 0.1) is 5.92 Å². The number of hydrogen-bond acceptors (Lipinski definition) is 0. The van der Waals surface area contributed by atoms with Gasteiger partial charge in [0, 0.05) is 0 Å². The Balaban J connectivity index is -0.000000125. The fraction of sp³-hybridized carbons (Fsp3) is 0.846. The van der Waals surface area contributed by atoms with E-state index in [1.165, 1.54) is 25.7 Å². The molecular weight excluding hydrogens is 156 g/mol. The number of allylic oxidation sites excluding steroid dienone is 1. The molecule has 0 heteroatoms. The summed E-state index contributed by atoms with van der Waals surface area (Å²) >= 11 is 0.